The van der Waals surface area contributed by atoms with Crippen LogP contribution in [0.4, 0.5) is 15.8 Å². The van der Waals surface area contributed by atoms with Gasteiger partial charge in [-0.05, 0) is 18.2 Å². The van der Waals surface area contributed by atoms with Crippen molar-refractivity contribution in [2.45, 2.75) is 0 Å². The Kier molecular flexibility index (Phi) is 2.88. The Morgan fingerprint density at radius 3 is 2.75 bits per heavy atom. The summed E-state index contributed by atoms with van der Waals surface area (Å²) in [4.78, 5) is 0. The first-order chi connectivity index (χ1) is 5.74. The van der Waals surface area contributed by atoms with Crippen LogP contribution in [0.3, 0.4) is 0 Å². The van der Waals surface area contributed by atoms with Gasteiger partial charge in [0.05, 0.1) is 5.69 Å². The van der Waals surface area contributed by atoms with Crippen molar-refractivity contribution in [2.75, 3.05) is 24.1 Å². The molecule has 5 N–H and O–H groups in total. The van der Waals surface area contributed by atoms with E-state index in [1.807, 2.05) is 0 Å². The van der Waals surface area contributed by atoms with Gasteiger partial charge in [0.15, 0.2) is 0 Å². The van der Waals surface area contributed by atoms with Gasteiger partial charge in [-0.2, -0.15) is 0 Å². The summed E-state index contributed by atoms with van der Waals surface area (Å²) in [6, 6.07) is 4.59. The van der Waals surface area contributed by atoms with Crippen LogP contribution in [0.1, 0.15) is 0 Å². The van der Waals surface area contributed by atoms with Gasteiger partial charge in [0.2, 0.25) is 0 Å². The van der Waals surface area contributed by atoms with Gasteiger partial charge >= 0.3 is 0 Å². The Hall–Kier alpha value is -1.29. The summed E-state index contributed by atoms with van der Waals surface area (Å²) < 4.78 is 12.8. The van der Waals surface area contributed by atoms with Gasteiger partial charge in [0.1, 0.15) is 5.82 Å². The van der Waals surface area contributed by atoms with Crippen molar-refractivity contribution < 1.29 is 4.39 Å². The van der Waals surface area contributed by atoms with E-state index in [0.29, 0.717) is 18.8 Å². The maximum Gasteiger partial charge on any atom is 0.148 e. The zero-order valence-electron chi connectivity index (χ0n) is 6.68. The molecule has 0 aromatic heterocycles. The lowest BCUT2D eigenvalue weighted by molar-refractivity contribution is 0.633. The Balaban J connectivity index is 2.69. The number of hydrogen-bond donors (Lipinski definition) is 3. The van der Waals surface area contributed by atoms with Crippen LogP contribution in [0.15, 0.2) is 18.2 Å². The Bertz CT molecular complexity index is 262. The van der Waals surface area contributed by atoms with Crippen LogP contribution in [0.2, 0.25) is 0 Å². The quantitative estimate of drug-likeness (QED) is 0.586. The molecule has 1 rings (SSSR count). The molecule has 0 heterocycles. The second-order valence-corrected chi connectivity index (χ2v) is 2.45. The highest BCUT2D eigenvalue weighted by Gasteiger charge is 1.97. The first-order valence-electron chi connectivity index (χ1n) is 3.73. The van der Waals surface area contributed by atoms with Crippen molar-refractivity contribution in [3.8, 4) is 0 Å². The number of nitrogens with one attached hydrogen (secondary N) is 1. The molecular formula is C8H12FN3. The fraction of sp³-hybridized carbons (Fsp3) is 0.250. The molecule has 0 aliphatic rings. The molecule has 1 aromatic rings. The highest BCUT2D eigenvalue weighted by molar-refractivity contribution is 5.52. The molecule has 0 unspecified atom stereocenters. The van der Waals surface area contributed by atoms with E-state index < -0.39 is 5.82 Å². The molecule has 0 radical (unpaired) electrons. The zero-order chi connectivity index (χ0) is 8.97. The van der Waals surface area contributed by atoms with Gasteiger partial charge in [-0.1, -0.05) is 0 Å². The minimum Gasteiger partial charge on any atom is -0.396 e. The SMILES string of the molecule is NCCNc1ccc(N)c(F)c1. The average molecular weight is 169 g/mol. The fourth-order valence-corrected chi connectivity index (χ4v) is 0.854. The number of nitrogen functional groups attached to an aromatic ring is 1. The number of benzene rings is 1. The summed E-state index contributed by atoms with van der Waals surface area (Å²) in [5, 5.41) is 2.94. The molecule has 4 heteroatoms. The number of hydrogen-bond acceptors (Lipinski definition) is 3. The maximum atomic E-state index is 12.8. The molecule has 0 atom stereocenters. The molecule has 0 aliphatic heterocycles. The van der Waals surface area contributed by atoms with Crippen molar-refractivity contribution in [1.29, 1.82) is 0 Å². The van der Waals surface area contributed by atoms with E-state index in [-0.39, 0.29) is 5.69 Å². The van der Waals surface area contributed by atoms with Crippen molar-refractivity contribution in [1.82, 2.24) is 0 Å². The van der Waals surface area contributed by atoms with Crippen LogP contribution in [0.5, 0.6) is 0 Å². The maximum absolute atomic E-state index is 12.8. The highest BCUT2D eigenvalue weighted by atomic mass is 19.1. The van der Waals surface area contributed by atoms with Crippen molar-refractivity contribution in [2.24, 2.45) is 5.73 Å². The molecule has 12 heavy (non-hydrogen) atoms. The first kappa shape index (κ1) is 8.80. The summed E-state index contributed by atoms with van der Waals surface area (Å²) in [5.74, 6) is -0.406. The van der Waals surface area contributed by atoms with E-state index in [4.69, 9.17) is 11.5 Å². The standard InChI is InChI=1S/C8H12FN3/c9-7-5-6(12-4-3-10)1-2-8(7)11/h1-2,5,12H,3-4,10-11H2. The van der Waals surface area contributed by atoms with Gasteiger partial charge in [-0.25, -0.2) is 4.39 Å². The van der Waals surface area contributed by atoms with E-state index in [1.165, 1.54) is 12.1 Å². The van der Waals surface area contributed by atoms with Crippen LogP contribution in [-0.2, 0) is 0 Å². The predicted molar refractivity (Wildman–Crippen MR) is 48.4 cm³/mol. The van der Waals surface area contributed by atoms with E-state index in [1.54, 1.807) is 6.07 Å². The summed E-state index contributed by atoms with van der Waals surface area (Å²) in [7, 11) is 0. The van der Waals surface area contributed by atoms with Crippen molar-refractivity contribution in [3.05, 3.63) is 24.0 Å². The zero-order valence-corrected chi connectivity index (χ0v) is 6.68. The molecule has 0 fully saturated rings. The van der Waals surface area contributed by atoms with Crippen LogP contribution in [0.25, 0.3) is 0 Å². The highest BCUT2D eigenvalue weighted by Crippen LogP contribution is 2.15. The summed E-state index contributed by atoms with van der Waals surface area (Å²) in [5.41, 5.74) is 11.4. The topological polar surface area (TPSA) is 64.1 Å². The number of rotatable bonds is 3. The largest absolute Gasteiger partial charge is 0.396 e. The van der Waals surface area contributed by atoms with Gasteiger partial charge in [-0.3, -0.25) is 0 Å². The molecule has 3 nitrogen and oxygen atoms in total. The van der Waals surface area contributed by atoms with E-state index in [9.17, 15) is 4.39 Å². The fourth-order valence-electron chi connectivity index (χ4n) is 0.854. The third-order valence-electron chi connectivity index (χ3n) is 1.47. The van der Waals surface area contributed by atoms with Gasteiger partial charge in [0, 0.05) is 18.8 Å². The normalized spacial score (nSPS) is 9.83. The smallest absolute Gasteiger partial charge is 0.148 e. The molecule has 1 aromatic carbocycles. The van der Waals surface area contributed by atoms with Gasteiger partial charge in [-0.15, -0.1) is 0 Å². The van der Waals surface area contributed by atoms with Gasteiger partial charge in [0.25, 0.3) is 0 Å². The number of halogens is 1. The Morgan fingerprint density at radius 1 is 1.42 bits per heavy atom. The lowest BCUT2D eigenvalue weighted by Gasteiger charge is -2.04. The number of anilines is 2. The third kappa shape index (κ3) is 2.10. The second kappa shape index (κ2) is 3.92. The lowest BCUT2D eigenvalue weighted by Crippen LogP contribution is -2.13. The summed E-state index contributed by atoms with van der Waals surface area (Å²) in [6.07, 6.45) is 0. The molecule has 66 valence electrons. The molecule has 0 amide bonds. The average Bonchev–Trinajstić information content (AvgIpc) is 2.07. The monoisotopic (exact) mass is 169 g/mol. The molecule has 0 spiro atoms. The lowest BCUT2D eigenvalue weighted by atomic mass is 10.2. The van der Waals surface area contributed by atoms with Crippen LogP contribution < -0.4 is 16.8 Å². The van der Waals surface area contributed by atoms with Crippen molar-refractivity contribution in [3.63, 3.8) is 0 Å². The van der Waals surface area contributed by atoms with Gasteiger partial charge < -0.3 is 16.8 Å². The summed E-state index contributed by atoms with van der Waals surface area (Å²) in [6.45, 7) is 1.15. The van der Waals surface area contributed by atoms with E-state index >= 15 is 0 Å². The minimum absolute atomic E-state index is 0.160. The molecule has 0 saturated heterocycles. The van der Waals surface area contributed by atoms with Crippen LogP contribution in [0, 0.1) is 5.82 Å². The molecule has 0 saturated carbocycles. The van der Waals surface area contributed by atoms with E-state index in [2.05, 4.69) is 5.32 Å². The number of nitrogens with two attached hydrogens (primary N) is 2. The van der Waals surface area contributed by atoms with Crippen LogP contribution >= 0.6 is 0 Å². The molecule has 0 bridgehead atoms. The van der Waals surface area contributed by atoms with Crippen molar-refractivity contribution >= 4 is 11.4 Å². The minimum atomic E-state index is -0.406. The summed E-state index contributed by atoms with van der Waals surface area (Å²) >= 11 is 0. The third-order valence-corrected chi connectivity index (χ3v) is 1.47. The van der Waals surface area contributed by atoms with Crippen LogP contribution in [-0.4, -0.2) is 13.1 Å². The first-order valence-corrected chi connectivity index (χ1v) is 3.73. The van der Waals surface area contributed by atoms with E-state index in [0.717, 1.165) is 0 Å². The Morgan fingerprint density at radius 2 is 2.17 bits per heavy atom. The second-order valence-electron chi connectivity index (χ2n) is 2.45. The Labute approximate surface area is 70.6 Å². The predicted octanol–water partition coefficient (Wildman–Crippen LogP) is 0.778. The molecular weight excluding hydrogens is 157 g/mol. The molecule has 0 aliphatic carbocycles.